The minimum atomic E-state index is -3.42. The number of nitrogens with zero attached hydrogens (tertiary/aromatic N) is 1. The van der Waals surface area contributed by atoms with Crippen molar-refractivity contribution < 1.29 is 25.6 Å². The number of hydrogen-bond acceptors (Lipinski definition) is 4. The molecule has 1 fully saturated rings. The first-order valence-corrected chi connectivity index (χ1v) is 9.32. The SMILES string of the molecule is Cc1cc(S(=O)(=O)NCCCN2CCOCC2)ccc1Br.[Cl-]. The number of nitrogens with one attached hydrogen (secondary N) is 1. The van der Waals surface area contributed by atoms with Gasteiger partial charge < -0.3 is 17.1 Å². The van der Waals surface area contributed by atoms with Crippen LogP contribution in [0.4, 0.5) is 0 Å². The van der Waals surface area contributed by atoms with Crippen LogP contribution in [0.15, 0.2) is 27.6 Å². The molecule has 0 spiro atoms. The monoisotopic (exact) mass is 411 g/mol. The highest BCUT2D eigenvalue weighted by Crippen LogP contribution is 2.19. The molecule has 126 valence electrons. The van der Waals surface area contributed by atoms with E-state index in [-0.39, 0.29) is 12.4 Å². The number of sulfonamides is 1. The van der Waals surface area contributed by atoms with Crippen molar-refractivity contribution >= 4 is 26.0 Å². The largest absolute Gasteiger partial charge is 1.00 e. The van der Waals surface area contributed by atoms with Gasteiger partial charge in [-0.1, -0.05) is 15.9 Å². The molecule has 0 aliphatic carbocycles. The first kappa shape index (κ1) is 19.9. The van der Waals surface area contributed by atoms with Gasteiger partial charge in [0.1, 0.15) is 0 Å². The van der Waals surface area contributed by atoms with E-state index in [0.29, 0.717) is 11.4 Å². The second kappa shape index (κ2) is 9.20. The molecule has 0 amide bonds. The summed E-state index contributed by atoms with van der Waals surface area (Å²) < 4.78 is 33.2. The maximum Gasteiger partial charge on any atom is 0.240 e. The van der Waals surface area contributed by atoms with Gasteiger partial charge in [0.05, 0.1) is 18.1 Å². The van der Waals surface area contributed by atoms with E-state index < -0.39 is 10.0 Å². The van der Waals surface area contributed by atoms with Crippen molar-refractivity contribution in [2.45, 2.75) is 18.2 Å². The number of benzene rings is 1. The number of halogens is 2. The first-order valence-electron chi connectivity index (χ1n) is 7.05. The minimum absolute atomic E-state index is 0. The van der Waals surface area contributed by atoms with Crippen LogP contribution in [0.5, 0.6) is 0 Å². The molecule has 8 heteroatoms. The predicted molar refractivity (Wildman–Crippen MR) is 85.9 cm³/mol. The van der Waals surface area contributed by atoms with Crippen molar-refractivity contribution in [3.05, 3.63) is 28.2 Å². The molecular weight excluding hydrogens is 392 g/mol. The van der Waals surface area contributed by atoms with Gasteiger partial charge in [-0.05, 0) is 43.7 Å². The van der Waals surface area contributed by atoms with Crippen LogP contribution in [-0.4, -0.2) is 52.7 Å². The molecule has 0 atom stereocenters. The summed E-state index contributed by atoms with van der Waals surface area (Å²) >= 11 is 3.37. The number of ether oxygens (including phenoxy) is 1. The Morgan fingerprint density at radius 1 is 1.32 bits per heavy atom. The Morgan fingerprint density at radius 2 is 2.00 bits per heavy atom. The molecule has 0 unspecified atom stereocenters. The summed E-state index contributed by atoms with van der Waals surface area (Å²) in [6.07, 6.45) is 0.800. The standard InChI is InChI=1S/C14H21BrN2O3S.ClH/c1-12-11-13(3-4-14(12)15)21(18,19)16-5-2-6-17-7-9-20-10-8-17;/h3-4,11,16H,2,5-10H2,1H3;1H/p-1. The van der Waals surface area contributed by atoms with Crippen LogP contribution < -0.4 is 17.1 Å². The van der Waals surface area contributed by atoms with Gasteiger partial charge in [-0.2, -0.15) is 0 Å². The lowest BCUT2D eigenvalue weighted by atomic mass is 10.2. The molecule has 1 aromatic rings. The Kier molecular flexibility index (Phi) is 8.31. The van der Waals surface area contributed by atoms with Crippen LogP contribution in [0, 0.1) is 6.92 Å². The third kappa shape index (κ3) is 5.79. The Bertz CT molecular complexity index is 577. The molecule has 2 rings (SSSR count). The fraction of sp³-hybridized carbons (Fsp3) is 0.571. The topological polar surface area (TPSA) is 58.6 Å². The number of morpholine rings is 1. The van der Waals surface area contributed by atoms with Crippen molar-refractivity contribution in [3.63, 3.8) is 0 Å². The van der Waals surface area contributed by atoms with E-state index in [9.17, 15) is 8.42 Å². The van der Waals surface area contributed by atoms with Gasteiger partial charge in [-0.3, -0.25) is 4.90 Å². The smallest absolute Gasteiger partial charge is 0.240 e. The molecule has 1 aliphatic rings. The van der Waals surface area contributed by atoms with Gasteiger partial charge in [0.15, 0.2) is 0 Å². The van der Waals surface area contributed by atoms with Crippen molar-refractivity contribution in [1.82, 2.24) is 9.62 Å². The molecule has 5 nitrogen and oxygen atoms in total. The van der Waals surface area contributed by atoms with Gasteiger partial charge >= 0.3 is 0 Å². The summed E-state index contributed by atoms with van der Waals surface area (Å²) in [5, 5.41) is 0. The highest BCUT2D eigenvalue weighted by molar-refractivity contribution is 9.10. The number of aryl methyl sites for hydroxylation is 1. The lowest BCUT2D eigenvalue weighted by molar-refractivity contribution is -0.00000824. The number of hydrogen-bond donors (Lipinski definition) is 1. The normalized spacial score (nSPS) is 16.3. The second-order valence-corrected chi connectivity index (χ2v) is 7.74. The van der Waals surface area contributed by atoms with Crippen LogP contribution in [-0.2, 0) is 14.8 Å². The van der Waals surface area contributed by atoms with E-state index in [1.807, 2.05) is 6.92 Å². The summed E-state index contributed by atoms with van der Waals surface area (Å²) in [6.45, 7) is 6.62. The lowest BCUT2D eigenvalue weighted by Gasteiger charge is -2.26. The van der Waals surface area contributed by atoms with Crippen molar-refractivity contribution in [1.29, 1.82) is 0 Å². The summed E-state index contributed by atoms with van der Waals surface area (Å²) in [5.41, 5.74) is 0.909. The number of rotatable bonds is 6. The Morgan fingerprint density at radius 3 is 2.64 bits per heavy atom. The maximum atomic E-state index is 12.2. The molecule has 0 saturated carbocycles. The van der Waals surface area contributed by atoms with Crippen molar-refractivity contribution in [2.75, 3.05) is 39.4 Å². The van der Waals surface area contributed by atoms with E-state index in [1.165, 1.54) is 0 Å². The molecule has 0 radical (unpaired) electrons. The highest BCUT2D eigenvalue weighted by Gasteiger charge is 2.15. The molecule has 0 aromatic heterocycles. The van der Waals surface area contributed by atoms with Gasteiger partial charge in [0, 0.05) is 24.1 Å². The third-order valence-electron chi connectivity index (χ3n) is 3.49. The minimum Gasteiger partial charge on any atom is -1.00 e. The zero-order valence-corrected chi connectivity index (χ0v) is 15.7. The van der Waals surface area contributed by atoms with Gasteiger partial charge in [0.2, 0.25) is 10.0 Å². The van der Waals surface area contributed by atoms with Crippen LogP contribution in [0.3, 0.4) is 0 Å². The molecule has 0 bridgehead atoms. The van der Waals surface area contributed by atoms with Crippen LogP contribution in [0.1, 0.15) is 12.0 Å². The van der Waals surface area contributed by atoms with Crippen LogP contribution in [0.25, 0.3) is 0 Å². The van der Waals surface area contributed by atoms with Crippen molar-refractivity contribution in [2.24, 2.45) is 0 Å². The maximum absolute atomic E-state index is 12.2. The Balaban J connectivity index is 0.00000242. The van der Waals surface area contributed by atoms with E-state index in [2.05, 4.69) is 25.6 Å². The molecule has 1 aliphatic heterocycles. The first-order chi connectivity index (χ1) is 9.99. The zero-order chi connectivity index (χ0) is 15.3. The van der Waals surface area contributed by atoms with E-state index in [0.717, 1.165) is 49.3 Å². The average Bonchev–Trinajstić information content (AvgIpc) is 2.47. The molecular formula is C14H21BrClN2O3S-. The van der Waals surface area contributed by atoms with Crippen molar-refractivity contribution in [3.8, 4) is 0 Å². The third-order valence-corrected chi connectivity index (χ3v) is 5.84. The quantitative estimate of drug-likeness (QED) is 0.594. The highest BCUT2D eigenvalue weighted by atomic mass is 79.9. The predicted octanol–water partition coefficient (Wildman–Crippen LogP) is -1.24. The van der Waals surface area contributed by atoms with Gasteiger partial charge in [-0.25, -0.2) is 13.1 Å². The Labute approximate surface area is 147 Å². The fourth-order valence-electron chi connectivity index (χ4n) is 2.20. The molecule has 1 N–H and O–H groups in total. The average molecular weight is 413 g/mol. The summed E-state index contributed by atoms with van der Waals surface area (Å²) in [5.74, 6) is 0. The van der Waals surface area contributed by atoms with Crippen LogP contribution in [0.2, 0.25) is 0 Å². The summed E-state index contributed by atoms with van der Waals surface area (Å²) in [4.78, 5) is 2.61. The second-order valence-electron chi connectivity index (χ2n) is 5.12. The van der Waals surface area contributed by atoms with Gasteiger partial charge in [-0.15, -0.1) is 0 Å². The van der Waals surface area contributed by atoms with Crippen LogP contribution >= 0.6 is 15.9 Å². The Hall–Kier alpha value is -0.180. The summed E-state index contributed by atoms with van der Waals surface area (Å²) in [6, 6.07) is 5.05. The van der Waals surface area contributed by atoms with E-state index in [4.69, 9.17) is 4.74 Å². The molecule has 1 heterocycles. The van der Waals surface area contributed by atoms with E-state index in [1.54, 1.807) is 18.2 Å². The lowest BCUT2D eigenvalue weighted by Crippen LogP contribution is -3.00. The van der Waals surface area contributed by atoms with Gasteiger partial charge in [0.25, 0.3) is 0 Å². The molecule has 22 heavy (non-hydrogen) atoms. The molecule has 1 aromatic carbocycles. The summed E-state index contributed by atoms with van der Waals surface area (Å²) in [7, 11) is -3.42. The fourth-order valence-corrected chi connectivity index (χ4v) is 3.61. The zero-order valence-electron chi connectivity index (χ0n) is 12.5. The molecule has 1 saturated heterocycles. The van der Waals surface area contributed by atoms with E-state index >= 15 is 0 Å².